The van der Waals surface area contributed by atoms with E-state index in [1.54, 1.807) is 0 Å². The van der Waals surface area contributed by atoms with Crippen molar-refractivity contribution in [2.24, 2.45) is 11.7 Å². The number of nitrogens with zero attached hydrogens (tertiary/aromatic N) is 1. The van der Waals surface area contributed by atoms with Crippen molar-refractivity contribution in [2.45, 2.75) is 19.4 Å². The summed E-state index contributed by atoms with van der Waals surface area (Å²) >= 11 is 0. The molecule has 1 atom stereocenters. The van der Waals surface area contributed by atoms with E-state index in [1.165, 1.54) is 31.5 Å². The van der Waals surface area contributed by atoms with Crippen molar-refractivity contribution < 1.29 is 0 Å². The molecule has 2 rings (SSSR count). The third-order valence-electron chi connectivity index (χ3n) is 3.19. The summed E-state index contributed by atoms with van der Waals surface area (Å²) in [6.07, 6.45) is 2.61. The zero-order valence-corrected chi connectivity index (χ0v) is 9.23. The third kappa shape index (κ3) is 3.05. The van der Waals surface area contributed by atoms with Crippen LogP contribution in [0.2, 0.25) is 0 Å². The first kappa shape index (κ1) is 10.7. The van der Waals surface area contributed by atoms with Gasteiger partial charge in [0.25, 0.3) is 0 Å². The average Bonchev–Trinajstić information content (AvgIpc) is 2.31. The molecule has 0 amide bonds. The number of rotatable bonds is 3. The van der Waals surface area contributed by atoms with E-state index in [2.05, 4.69) is 35.2 Å². The largest absolute Gasteiger partial charge is 0.330 e. The van der Waals surface area contributed by atoms with Crippen LogP contribution in [0.15, 0.2) is 30.3 Å². The topological polar surface area (TPSA) is 29.3 Å². The molecule has 1 heterocycles. The molecular weight excluding hydrogens is 184 g/mol. The minimum atomic E-state index is 0.711. The Labute approximate surface area is 92.1 Å². The van der Waals surface area contributed by atoms with Gasteiger partial charge in [-0.1, -0.05) is 30.3 Å². The van der Waals surface area contributed by atoms with E-state index in [0.29, 0.717) is 5.92 Å². The lowest BCUT2D eigenvalue weighted by Crippen LogP contribution is -2.37. The Hall–Kier alpha value is -0.860. The fourth-order valence-electron chi connectivity index (χ4n) is 2.33. The molecule has 2 heteroatoms. The quantitative estimate of drug-likeness (QED) is 0.814. The van der Waals surface area contributed by atoms with Gasteiger partial charge in [0, 0.05) is 13.1 Å². The second kappa shape index (κ2) is 5.29. The molecule has 1 fully saturated rings. The molecule has 0 saturated carbocycles. The van der Waals surface area contributed by atoms with Gasteiger partial charge in [-0.25, -0.2) is 0 Å². The second-order valence-electron chi connectivity index (χ2n) is 4.46. The molecule has 1 aromatic rings. The highest BCUT2D eigenvalue weighted by Gasteiger charge is 2.18. The number of nitrogens with two attached hydrogens (primary N) is 1. The fraction of sp³-hybridized carbons (Fsp3) is 0.538. The summed E-state index contributed by atoms with van der Waals surface area (Å²) in [6, 6.07) is 10.7. The Kier molecular flexibility index (Phi) is 3.75. The Morgan fingerprint density at radius 1 is 1.27 bits per heavy atom. The Bertz CT molecular complexity index is 284. The van der Waals surface area contributed by atoms with Gasteiger partial charge in [0.15, 0.2) is 0 Å². The van der Waals surface area contributed by atoms with E-state index in [9.17, 15) is 0 Å². The summed E-state index contributed by atoms with van der Waals surface area (Å²) in [7, 11) is 0. The van der Waals surface area contributed by atoms with Gasteiger partial charge in [-0.15, -0.1) is 0 Å². The highest BCUT2D eigenvalue weighted by atomic mass is 15.1. The van der Waals surface area contributed by atoms with Crippen molar-refractivity contribution in [3.63, 3.8) is 0 Å². The average molecular weight is 204 g/mol. The number of likely N-dealkylation sites (tertiary alicyclic amines) is 1. The fourth-order valence-corrected chi connectivity index (χ4v) is 2.33. The van der Waals surface area contributed by atoms with Crippen molar-refractivity contribution in [1.82, 2.24) is 4.90 Å². The maximum absolute atomic E-state index is 5.73. The van der Waals surface area contributed by atoms with E-state index in [1.807, 2.05) is 0 Å². The molecule has 15 heavy (non-hydrogen) atoms. The molecule has 2 N–H and O–H groups in total. The van der Waals surface area contributed by atoms with Crippen molar-refractivity contribution >= 4 is 0 Å². The Morgan fingerprint density at radius 2 is 2.07 bits per heavy atom. The van der Waals surface area contributed by atoms with E-state index < -0.39 is 0 Å². The van der Waals surface area contributed by atoms with Crippen LogP contribution in [0, 0.1) is 5.92 Å². The third-order valence-corrected chi connectivity index (χ3v) is 3.19. The van der Waals surface area contributed by atoms with Crippen LogP contribution < -0.4 is 5.73 Å². The molecule has 1 aliphatic heterocycles. The molecule has 82 valence electrons. The summed E-state index contributed by atoms with van der Waals surface area (Å²) in [5.41, 5.74) is 7.14. The van der Waals surface area contributed by atoms with Crippen LogP contribution >= 0.6 is 0 Å². The van der Waals surface area contributed by atoms with Gasteiger partial charge in [-0.05, 0) is 37.4 Å². The lowest BCUT2D eigenvalue weighted by Gasteiger charge is -2.32. The number of benzene rings is 1. The van der Waals surface area contributed by atoms with Gasteiger partial charge in [0.05, 0.1) is 0 Å². The molecule has 1 aromatic carbocycles. The van der Waals surface area contributed by atoms with Crippen LogP contribution in [0.25, 0.3) is 0 Å². The van der Waals surface area contributed by atoms with Crippen LogP contribution in [-0.2, 0) is 6.54 Å². The van der Waals surface area contributed by atoms with Gasteiger partial charge >= 0.3 is 0 Å². The van der Waals surface area contributed by atoms with Gasteiger partial charge in [-0.3, -0.25) is 4.90 Å². The highest BCUT2D eigenvalue weighted by Crippen LogP contribution is 2.17. The number of piperidine rings is 1. The molecule has 0 spiro atoms. The van der Waals surface area contributed by atoms with Gasteiger partial charge in [0.2, 0.25) is 0 Å². The SMILES string of the molecule is NCC1CCCN(Cc2ccccc2)C1. The molecule has 1 saturated heterocycles. The summed E-state index contributed by atoms with van der Waals surface area (Å²) in [4.78, 5) is 2.52. The first-order valence-electron chi connectivity index (χ1n) is 5.85. The van der Waals surface area contributed by atoms with Crippen molar-refractivity contribution in [3.8, 4) is 0 Å². The molecule has 0 aromatic heterocycles. The lowest BCUT2D eigenvalue weighted by atomic mass is 9.98. The summed E-state index contributed by atoms with van der Waals surface area (Å²) in [5, 5.41) is 0. The Morgan fingerprint density at radius 3 is 2.80 bits per heavy atom. The molecule has 0 bridgehead atoms. The maximum atomic E-state index is 5.73. The van der Waals surface area contributed by atoms with Crippen LogP contribution in [0.5, 0.6) is 0 Å². The smallest absolute Gasteiger partial charge is 0.0233 e. The van der Waals surface area contributed by atoms with Crippen LogP contribution in [0.1, 0.15) is 18.4 Å². The van der Waals surface area contributed by atoms with Crippen molar-refractivity contribution in [3.05, 3.63) is 35.9 Å². The minimum Gasteiger partial charge on any atom is -0.330 e. The van der Waals surface area contributed by atoms with E-state index in [-0.39, 0.29) is 0 Å². The molecular formula is C13H20N2. The summed E-state index contributed by atoms with van der Waals surface area (Å²) in [5.74, 6) is 0.711. The zero-order valence-electron chi connectivity index (χ0n) is 9.23. The number of hydrogen-bond donors (Lipinski definition) is 1. The second-order valence-corrected chi connectivity index (χ2v) is 4.46. The predicted molar refractivity (Wildman–Crippen MR) is 63.5 cm³/mol. The molecule has 0 radical (unpaired) electrons. The van der Waals surface area contributed by atoms with Crippen molar-refractivity contribution in [1.29, 1.82) is 0 Å². The van der Waals surface area contributed by atoms with E-state index >= 15 is 0 Å². The van der Waals surface area contributed by atoms with Crippen LogP contribution in [0.3, 0.4) is 0 Å². The van der Waals surface area contributed by atoms with E-state index in [4.69, 9.17) is 5.73 Å². The molecule has 0 aliphatic carbocycles. The number of hydrogen-bond acceptors (Lipinski definition) is 2. The first-order chi connectivity index (χ1) is 7.38. The van der Waals surface area contributed by atoms with Gasteiger partial charge in [-0.2, -0.15) is 0 Å². The van der Waals surface area contributed by atoms with Crippen LogP contribution in [-0.4, -0.2) is 24.5 Å². The normalized spacial score (nSPS) is 22.9. The molecule has 1 unspecified atom stereocenters. The monoisotopic (exact) mass is 204 g/mol. The van der Waals surface area contributed by atoms with Gasteiger partial charge < -0.3 is 5.73 Å². The minimum absolute atomic E-state index is 0.711. The standard InChI is InChI=1S/C13H20N2/c14-9-13-7-4-8-15(11-13)10-12-5-2-1-3-6-12/h1-3,5-6,13H,4,7-11,14H2. The van der Waals surface area contributed by atoms with E-state index in [0.717, 1.165) is 13.1 Å². The van der Waals surface area contributed by atoms with Crippen LogP contribution in [0.4, 0.5) is 0 Å². The predicted octanol–water partition coefficient (Wildman–Crippen LogP) is 1.86. The highest BCUT2D eigenvalue weighted by molar-refractivity contribution is 5.14. The lowest BCUT2D eigenvalue weighted by molar-refractivity contribution is 0.171. The zero-order chi connectivity index (χ0) is 10.5. The summed E-state index contributed by atoms with van der Waals surface area (Å²) < 4.78 is 0. The first-order valence-corrected chi connectivity index (χ1v) is 5.85. The Balaban J connectivity index is 1.89. The molecule has 1 aliphatic rings. The van der Waals surface area contributed by atoms with Gasteiger partial charge in [0.1, 0.15) is 0 Å². The maximum Gasteiger partial charge on any atom is 0.0233 e. The molecule has 2 nitrogen and oxygen atoms in total. The summed E-state index contributed by atoms with van der Waals surface area (Å²) in [6.45, 7) is 4.32. The van der Waals surface area contributed by atoms with Crippen molar-refractivity contribution in [2.75, 3.05) is 19.6 Å².